The second-order valence-electron chi connectivity index (χ2n) is 6.18. The van der Waals surface area contributed by atoms with E-state index in [0.29, 0.717) is 12.1 Å². The van der Waals surface area contributed by atoms with E-state index in [1.807, 2.05) is 0 Å². The lowest BCUT2D eigenvalue weighted by Crippen LogP contribution is -2.19. The number of ether oxygens (including phenoxy) is 2. The molecule has 170 valence electrons. The van der Waals surface area contributed by atoms with Crippen LogP contribution in [0.25, 0.3) is 6.08 Å². The average Bonchev–Trinajstić information content (AvgIpc) is 2.74. The molecule has 0 spiro atoms. The molecule has 0 aromatic heterocycles. The third-order valence-electron chi connectivity index (χ3n) is 4.09. The third-order valence-corrected chi connectivity index (χ3v) is 4.09. The van der Waals surface area contributed by atoms with Gasteiger partial charge in [-0.05, 0) is 35.9 Å². The van der Waals surface area contributed by atoms with Crippen molar-refractivity contribution in [3.63, 3.8) is 0 Å². The predicted octanol–water partition coefficient (Wildman–Crippen LogP) is 4.72. The summed E-state index contributed by atoms with van der Waals surface area (Å²) in [6.07, 6.45) is -8.88. The van der Waals surface area contributed by atoms with Crippen LogP contribution in [0.5, 0.6) is 11.5 Å². The van der Waals surface area contributed by atoms with Gasteiger partial charge in [-0.2, -0.15) is 31.6 Å². The van der Waals surface area contributed by atoms with Crippen LogP contribution in [0, 0.1) is 11.3 Å². The van der Waals surface area contributed by atoms with Gasteiger partial charge in [0.15, 0.2) is 11.5 Å². The Morgan fingerprint density at radius 1 is 1.09 bits per heavy atom. The normalized spacial score (nSPS) is 12.2. The molecule has 6 nitrogen and oxygen atoms in total. The fraction of sp³-hybridized carbons (Fsp3) is 0.200. The number of carbonyl (C=O) groups excluding carboxylic acids is 1. The molecule has 0 saturated carbocycles. The number of nitriles is 1. The highest BCUT2D eigenvalue weighted by Crippen LogP contribution is 2.38. The Bertz CT molecular complexity index is 1070. The highest BCUT2D eigenvalue weighted by Gasteiger charge is 2.38. The molecule has 32 heavy (non-hydrogen) atoms. The van der Waals surface area contributed by atoms with Gasteiger partial charge in [-0.1, -0.05) is 12.1 Å². The van der Waals surface area contributed by atoms with E-state index in [1.54, 1.807) is 6.07 Å². The van der Waals surface area contributed by atoms with E-state index < -0.39 is 47.1 Å². The molecular weight excluding hydrogens is 446 g/mol. The minimum atomic E-state index is -5.04. The summed E-state index contributed by atoms with van der Waals surface area (Å²) in [4.78, 5) is 11.4. The molecule has 0 radical (unpaired) electrons. The minimum absolute atomic E-state index is 0.0133. The molecule has 12 heteroatoms. The van der Waals surface area contributed by atoms with Crippen LogP contribution in [0.15, 0.2) is 42.0 Å². The third kappa shape index (κ3) is 5.92. The van der Waals surface area contributed by atoms with Crippen molar-refractivity contribution in [2.75, 3.05) is 7.11 Å². The Kier molecular flexibility index (Phi) is 7.37. The molecule has 0 aliphatic heterocycles. The van der Waals surface area contributed by atoms with Crippen molar-refractivity contribution in [3.8, 4) is 17.6 Å². The van der Waals surface area contributed by atoms with Crippen LogP contribution in [-0.4, -0.2) is 18.2 Å². The number of nitrogens with one attached hydrogen (secondary N) is 1. The van der Waals surface area contributed by atoms with E-state index in [9.17, 15) is 31.1 Å². The maximum absolute atomic E-state index is 13.3. The van der Waals surface area contributed by atoms with Crippen LogP contribution in [0.4, 0.5) is 26.3 Å². The van der Waals surface area contributed by atoms with Gasteiger partial charge in [0.05, 0.1) is 18.2 Å². The van der Waals surface area contributed by atoms with E-state index in [1.165, 1.54) is 30.8 Å². The van der Waals surface area contributed by atoms with E-state index in [2.05, 4.69) is 0 Å². The van der Waals surface area contributed by atoms with Crippen LogP contribution in [-0.2, 0) is 23.8 Å². The van der Waals surface area contributed by atoms with Gasteiger partial charge in [-0.15, -0.1) is 0 Å². The lowest BCUT2D eigenvalue weighted by atomic mass is 10.0. The highest BCUT2D eigenvalue weighted by atomic mass is 19.4. The lowest BCUT2D eigenvalue weighted by molar-refractivity contribution is -0.143. The van der Waals surface area contributed by atoms with Crippen LogP contribution in [0.1, 0.15) is 22.3 Å². The monoisotopic (exact) mass is 460 g/mol. The number of alkyl halides is 6. The smallest absolute Gasteiger partial charge is 0.416 e. The molecule has 0 bridgehead atoms. The Morgan fingerprint density at radius 2 is 1.78 bits per heavy atom. The topological polar surface area (TPSA) is 91.6 Å². The van der Waals surface area contributed by atoms with Crippen LogP contribution in [0.2, 0.25) is 0 Å². The SMILES string of the molecule is COc1cc(/C=C(\C#N)C(=O)NO)ccc1OCc1ccc(C(F)(F)F)cc1C(F)(F)F. The number of hydrogen-bond acceptors (Lipinski definition) is 5. The first-order chi connectivity index (χ1) is 14.9. The standard InChI is InChI=1S/C20H14F6N2O4/c1-31-17-7-11(6-13(9-27)18(29)28-30)2-5-16(17)32-10-12-3-4-14(19(21,22)23)8-15(12)20(24,25)26/h2-8,30H,10H2,1H3,(H,28,29)/b13-6+. The molecule has 2 N–H and O–H groups in total. The van der Waals surface area contributed by atoms with Gasteiger partial charge in [-0.3, -0.25) is 10.0 Å². The summed E-state index contributed by atoms with van der Waals surface area (Å²) in [7, 11) is 1.22. The van der Waals surface area contributed by atoms with Gasteiger partial charge >= 0.3 is 12.4 Å². The van der Waals surface area contributed by atoms with Crippen LogP contribution in [0.3, 0.4) is 0 Å². The number of rotatable bonds is 6. The molecule has 2 rings (SSSR count). The number of hydrogen-bond donors (Lipinski definition) is 2. The maximum atomic E-state index is 13.3. The van der Waals surface area contributed by atoms with Crippen LogP contribution < -0.4 is 15.0 Å². The van der Waals surface area contributed by atoms with Crippen molar-refractivity contribution in [1.29, 1.82) is 5.26 Å². The number of nitrogens with zero attached hydrogens (tertiary/aromatic N) is 1. The summed E-state index contributed by atoms with van der Waals surface area (Å²) >= 11 is 0. The maximum Gasteiger partial charge on any atom is 0.416 e. The van der Waals surface area contributed by atoms with Crippen molar-refractivity contribution < 1.29 is 45.8 Å². The fourth-order valence-corrected chi connectivity index (χ4v) is 2.57. The van der Waals surface area contributed by atoms with E-state index >= 15 is 0 Å². The average molecular weight is 460 g/mol. The molecule has 0 fully saturated rings. The minimum Gasteiger partial charge on any atom is -0.493 e. The fourth-order valence-electron chi connectivity index (χ4n) is 2.57. The van der Waals surface area contributed by atoms with Gasteiger partial charge in [0.2, 0.25) is 0 Å². The van der Waals surface area contributed by atoms with Crippen LogP contribution >= 0.6 is 0 Å². The molecule has 1 amide bonds. The zero-order chi connectivity index (χ0) is 24.1. The molecule has 0 aliphatic carbocycles. The van der Waals surface area contributed by atoms with Crippen molar-refractivity contribution in [1.82, 2.24) is 5.48 Å². The first-order valence-electron chi connectivity index (χ1n) is 8.55. The van der Waals surface area contributed by atoms with E-state index in [0.717, 1.165) is 6.08 Å². The Morgan fingerprint density at radius 3 is 2.31 bits per heavy atom. The first-order valence-corrected chi connectivity index (χ1v) is 8.55. The second kappa shape index (κ2) is 9.61. The zero-order valence-corrected chi connectivity index (χ0v) is 16.1. The first kappa shape index (κ1) is 24.5. The number of benzene rings is 2. The van der Waals surface area contributed by atoms with Gasteiger partial charge in [0.1, 0.15) is 18.2 Å². The molecule has 0 atom stereocenters. The predicted molar refractivity (Wildman–Crippen MR) is 97.3 cm³/mol. The second-order valence-corrected chi connectivity index (χ2v) is 6.18. The molecule has 0 unspecified atom stereocenters. The summed E-state index contributed by atoms with van der Waals surface area (Å²) < 4.78 is 88.5. The summed E-state index contributed by atoms with van der Waals surface area (Å²) in [6, 6.07) is 6.70. The van der Waals surface area contributed by atoms with Crippen molar-refractivity contribution in [2.24, 2.45) is 0 Å². The quantitative estimate of drug-likeness (QED) is 0.214. The molecule has 2 aromatic rings. The molecule has 0 heterocycles. The number of amides is 1. The molecule has 0 aliphatic rings. The van der Waals surface area contributed by atoms with Crippen molar-refractivity contribution >= 4 is 12.0 Å². The number of methoxy groups -OCH3 is 1. The molecule has 2 aromatic carbocycles. The van der Waals surface area contributed by atoms with Gasteiger partial charge < -0.3 is 9.47 Å². The largest absolute Gasteiger partial charge is 0.493 e. The van der Waals surface area contributed by atoms with Gasteiger partial charge in [0.25, 0.3) is 5.91 Å². The zero-order valence-electron chi connectivity index (χ0n) is 16.1. The van der Waals surface area contributed by atoms with E-state index in [4.69, 9.17) is 19.9 Å². The van der Waals surface area contributed by atoms with E-state index in [-0.39, 0.29) is 23.1 Å². The molecular formula is C20H14F6N2O4. The Labute approximate surface area is 177 Å². The summed E-state index contributed by atoms with van der Waals surface area (Å²) in [5.74, 6) is -1.09. The lowest BCUT2D eigenvalue weighted by Gasteiger charge is -2.17. The number of halogens is 6. The number of hydroxylamine groups is 1. The highest BCUT2D eigenvalue weighted by molar-refractivity contribution is 6.01. The summed E-state index contributed by atoms with van der Waals surface area (Å²) in [5.41, 5.74) is -2.33. The van der Waals surface area contributed by atoms with Crippen molar-refractivity contribution in [2.45, 2.75) is 19.0 Å². The number of carbonyl (C=O) groups is 1. The van der Waals surface area contributed by atoms with Gasteiger partial charge in [-0.25, -0.2) is 5.48 Å². The Hall–Kier alpha value is -3.72. The van der Waals surface area contributed by atoms with Gasteiger partial charge in [0, 0.05) is 5.56 Å². The molecule has 0 saturated heterocycles. The summed E-state index contributed by atoms with van der Waals surface area (Å²) in [6.45, 7) is -0.713. The summed E-state index contributed by atoms with van der Waals surface area (Å²) in [5, 5.41) is 17.5. The Balaban J connectivity index is 2.34. The van der Waals surface area contributed by atoms with Crippen molar-refractivity contribution in [3.05, 3.63) is 64.2 Å².